The number of rotatable bonds is 0. The number of hydrogen-bond donors (Lipinski definition) is 0. The third-order valence-corrected chi connectivity index (χ3v) is 24.0. The van der Waals surface area contributed by atoms with Gasteiger partial charge in [-0.2, -0.15) is 0 Å². The molecule has 0 aromatic heterocycles. The molecule has 1 aliphatic heterocycles. The van der Waals surface area contributed by atoms with Crippen molar-refractivity contribution >= 4 is 45.4 Å². The summed E-state index contributed by atoms with van der Waals surface area (Å²) in [5.74, 6) is 0. The molecule has 0 saturated carbocycles. The monoisotopic (exact) mass is 244 g/mol. The molecule has 1 heterocycles. The Morgan fingerprint density at radius 1 is 1.33 bits per heavy atom. The van der Waals surface area contributed by atoms with Gasteiger partial charge in [-0.1, -0.05) is 0 Å². The Morgan fingerprint density at radius 3 is 1.67 bits per heavy atom. The second kappa shape index (κ2) is 1.72. The highest BCUT2D eigenvalue weighted by atomic mass is 79.9. The molecule has 1 saturated heterocycles. The lowest BCUT2D eigenvalue weighted by atomic mass is 11.8. The highest BCUT2D eigenvalue weighted by Crippen LogP contribution is 2.36. The van der Waals surface area contributed by atoms with E-state index in [4.69, 9.17) is 0 Å². The van der Waals surface area contributed by atoms with Crippen LogP contribution in [0.3, 0.4) is 0 Å². The minimum Gasteiger partial charge on any atom is -0.112 e. The van der Waals surface area contributed by atoms with E-state index in [0.29, 0.717) is 9.52 Å². The molecule has 0 spiro atoms. The van der Waals surface area contributed by atoms with Gasteiger partial charge in [-0.25, -0.2) is 0 Å². The molecule has 0 amide bonds. The summed E-state index contributed by atoms with van der Waals surface area (Å²) in [5.41, 5.74) is 3.12. The van der Waals surface area contributed by atoms with E-state index in [1.54, 1.807) is 11.3 Å². The Bertz CT molecular complexity index is 56.6. The molecule has 1 aliphatic rings. The summed E-state index contributed by atoms with van der Waals surface area (Å²) in [6.07, 6.45) is 0. The molecule has 1 rings (SSSR count). The molecule has 36 valence electrons. The van der Waals surface area contributed by atoms with Crippen LogP contribution in [-0.4, -0.2) is 14.8 Å². The van der Waals surface area contributed by atoms with Gasteiger partial charge in [0.2, 0.25) is 0 Å². The third kappa shape index (κ3) is 1.18. The molecule has 0 aromatic rings. The predicted octanol–water partition coefficient (Wildman–Crippen LogP) is 1.32. The topological polar surface area (TPSA) is 0 Å². The molecule has 0 radical (unpaired) electrons. The summed E-state index contributed by atoms with van der Waals surface area (Å²) >= 11 is 7.31. The first-order valence-corrected chi connectivity index (χ1v) is 11.0. The van der Waals surface area contributed by atoms with Crippen LogP contribution >= 0.6 is 30.6 Å². The molecule has 0 aliphatic carbocycles. The molecule has 0 N–H and O–H groups in total. The van der Waals surface area contributed by atoms with Crippen LogP contribution in [0, 0.1) is 0 Å². The number of hydrogen-bond acceptors (Lipinski definition) is 0. The summed E-state index contributed by atoms with van der Waals surface area (Å²) in [5, 5.41) is -0.764. The normalized spacial score (nSPS) is 29.0. The zero-order chi connectivity index (χ0) is 4.62. The van der Waals surface area contributed by atoms with Gasteiger partial charge in [-0.15, -0.1) is 30.6 Å². The Labute approximate surface area is 56.7 Å². The van der Waals surface area contributed by atoms with Crippen LogP contribution in [0.2, 0.25) is 11.3 Å². The molecule has 4 heteroatoms. The van der Waals surface area contributed by atoms with Gasteiger partial charge in [0.05, 0.1) is 0 Å². The largest absolute Gasteiger partial charge is 0.195 e. The van der Waals surface area contributed by atoms with Crippen molar-refractivity contribution in [1.82, 2.24) is 0 Å². The van der Waals surface area contributed by atoms with Crippen LogP contribution in [-0.2, 0) is 0 Å². The molecular weight excluding hydrogens is 240 g/mol. The Hall–Kier alpha value is 1.39. The smallest absolute Gasteiger partial charge is 0.112 e. The quantitative estimate of drug-likeness (QED) is 0.446. The van der Waals surface area contributed by atoms with Crippen molar-refractivity contribution in [1.29, 1.82) is 0 Å². The molecular formula is C2H6Br2Si2. The van der Waals surface area contributed by atoms with E-state index in [1.165, 1.54) is 0 Å². The van der Waals surface area contributed by atoms with E-state index >= 15 is 0 Å². The molecule has 1 fully saturated rings. The van der Waals surface area contributed by atoms with Gasteiger partial charge in [0.1, 0.15) is 0 Å². The Balaban J connectivity index is 2.31. The predicted molar refractivity (Wildman–Crippen MR) is 41.8 cm³/mol. The summed E-state index contributed by atoms with van der Waals surface area (Å²) in [7, 11) is 0.469. The van der Waals surface area contributed by atoms with Gasteiger partial charge in [-0.05, 0) is 11.3 Å². The average molecular weight is 246 g/mol. The van der Waals surface area contributed by atoms with Gasteiger partial charge >= 0.3 is 0 Å². The molecule has 0 unspecified atom stereocenters. The van der Waals surface area contributed by atoms with E-state index < -0.39 is 5.31 Å². The van der Waals surface area contributed by atoms with Gasteiger partial charge in [0.25, 0.3) is 0 Å². The van der Waals surface area contributed by atoms with Crippen molar-refractivity contribution in [2.45, 2.75) is 11.3 Å². The van der Waals surface area contributed by atoms with Crippen LogP contribution in [0.4, 0.5) is 0 Å². The van der Waals surface area contributed by atoms with Gasteiger partial charge < -0.3 is 0 Å². The summed E-state index contributed by atoms with van der Waals surface area (Å²) in [6, 6.07) is 0. The maximum absolute atomic E-state index is 3.65. The molecule has 0 atom stereocenters. The first-order valence-electron chi connectivity index (χ1n) is 2.09. The van der Waals surface area contributed by atoms with Crippen molar-refractivity contribution in [3.05, 3.63) is 0 Å². The van der Waals surface area contributed by atoms with Gasteiger partial charge in [-0.3, -0.25) is 0 Å². The zero-order valence-corrected chi connectivity index (χ0v) is 8.96. The van der Waals surface area contributed by atoms with Crippen LogP contribution < -0.4 is 0 Å². The van der Waals surface area contributed by atoms with Crippen molar-refractivity contribution < 1.29 is 0 Å². The van der Waals surface area contributed by atoms with Crippen molar-refractivity contribution in [2.24, 2.45) is 0 Å². The van der Waals surface area contributed by atoms with Crippen molar-refractivity contribution in [3.8, 4) is 0 Å². The zero-order valence-electron chi connectivity index (χ0n) is 3.38. The summed E-state index contributed by atoms with van der Waals surface area (Å²) in [4.78, 5) is 0. The highest BCUT2D eigenvalue weighted by Gasteiger charge is 2.33. The van der Waals surface area contributed by atoms with E-state index in [0.717, 1.165) is 0 Å². The second-order valence-corrected chi connectivity index (χ2v) is 20.4. The van der Waals surface area contributed by atoms with E-state index in [2.05, 4.69) is 30.6 Å². The second-order valence-electron chi connectivity index (χ2n) is 1.71. The van der Waals surface area contributed by atoms with Crippen LogP contribution in [0.25, 0.3) is 0 Å². The minimum atomic E-state index is -0.764. The Morgan fingerprint density at radius 2 is 1.67 bits per heavy atom. The standard InChI is InChI=1S/C2H6Br2Si2/c3-6(4)1-5-2-6/h1-2,5H2. The maximum atomic E-state index is 3.65. The highest BCUT2D eigenvalue weighted by molar-refractivity contribution is 9.51. The third-order valence-electron chi connectivity index (χ3n) is 1.09. The van der Waals surface area contributed by atoms with Crippen LogP contribution in [0.15, 0.2) is 0 Å². The first-order chi connectivity index (χ1) is 2.71. The first kappa shape index (κ1) is 5.53. The van der Waals surface area contributed by atoms with Crippen molar-refractivity contribution in [2.75, 3.05) is 0 Å². The minimum absolute atomic E-state index is 0.469. The summed E-state index contributed by atoms with van der Waals surface area (Å²) in [6.45, 7) is 0. The lowest BCUT2D eigenvalue weighted by Crippen LogP contribution is -2.33. The van der Waals surface area contributed by atoms with Crippen LogP contribution in [0.1, 0.15) is 0 Å². The fourth-order valence-corrected chi connectivity index (χ4v) is 14.1. The fourth-order valence-electron chi connectivity index (χ4n) is 0.444. The molecule has 0 nitrogen and oxygen atoms in total. The van der Waals surface area contributed by atoms with E-state index in [-0.39, 0.29) is 0 Å². The van der Waals surface area contributed by atoms with Crippen LogP contribution in [0.5, 0.6) is 0 Å². The average Bonchev–Trinajstić information content (AvgIpc) is 1.32. The molecule has 0 aromatic carbocycles. The van der Waals surface area contributed by atoms with Gasteiger partial charge in [0.15, 0.2) is 5.31 Å². The maximum Gasteiger partial charge on any atom is 0.195 e. The Kier molecular flexibility index (Phi) is 1.59. The van der Waals surface area contributed by atoms with Crippen molar-refractivity contribution in [3.63, 3.8) is 0 Å². The lowest BCUT2D eigenvalue weighted by molar-refractivity contribution is 1.68. The summed E-state index contributed by atoms with van der Waals surface area (Å²) < 4.78 is 0. The van der Waals surface area contributed by atoms with E-state index in [1.807, 2.05) is 0 Å². The fraction of sp³-hybridized carbons (Fsp3) is 1.00. The lowest BCUT2D eigenvalue weighted by Gasteiger charge is -2.25. The molecule has 0 bridgehead atoms. The molecule has 6 heavy (non-hydrogen) atoms. The SMILES string of the molecule is Br[Si]1(Br)C[SiH2]C1. The van der Waals surface area contributed by atoms with Gasteiger partial charge in [0, 0.05) is 9.52 Å². The van der Waals surface area contributed by atoms with E-state index in [9.17, 15) is 0 Å². The number of halogens is 2.